The second-order valence-electron chi connectivity index (χ2n) is 9.29. The monoisotopic (exact) mass is 439 g/mol. The van der Waals surface area contributed by atoms with Crippen LogP contribution in [0.4, 0.5) is 0 Å². The van der Waals surface area contributed by atoms with Crippen LogP contribution in [0.2, 0.25) is 0 Å². The molecule has 32 heavy (non-hydrogen) atoms. The van der Waals surface area contributed by atoms with Crippen LogP contribution in [0.3, 0.4) is 0 Å². The molecule has 2 atom stereocenters. The predicted molar refractivity (Wildman–Crippen MR) is 125 cm³/mol. The number of piperidine rings is 1. The molecular formula is C25H37N5O2. The minimum Gasteiger partial charge on any atom is -0.345 e. The van der Waals surface area contributed by atoms with Crippen molar-refractivity contribution in [1.29, 1.82) is 0 Å². The van der Waals surface area contributed by atoms with Crippen LogP contribution in [-0.2, 0) is 22.6 Å². The smallest absolute Gasteiger partial charge is 0.227 e. The molecular weight excluding hydrogens is 402 g/mol. The van der Waals surface area contributed by atoms with E-state index in [2.05, 4.69) is 37.8 Å². The van der Waals surface area contributed by atoms with Crippen molar-refractivity contribution >= 4 is 11.8 Å². The Kier molecular flexibility index (Phi) is 7.69. The molecule has 0 aliphatic carbocycles. The zero-order valence-corrected chi connectivity index (χ0v) is 20.3. The van der Waals surface area contributed by atoms with Gasteiger partial charge in [-0.25, -0.2) is 0 Å². The highest BCUT2D eigenvalue weighted by Gasteiger charge is 2.41. The van der Waals surface area contributed by atoms with Gasteiger partial charge in [0.15, 0.2) is 0 Å². The van der Waals surface area contributed by atoms with Gasteiger partial charge >= 0.3 is 0 Å². The number of pyridine rings is 1. The molecule has 0 saturated carbocycles. The van der Waals surface area contributed by atoms with Crippen LogP contribution < -0.4 is 0 Å². The number of carbonyl (C=O) groups is 2. The maximum absolute atomic E-state index is 13.6. The summed E-state index contributed by atoms with van der Waals surface area (Å²) in [6.45, 7) is 12.5. The number of hydrogen-bond donors (Lipinski definition) is 0. The van der Waals surface area contributed by atoms with Crippen molar-refractivity contribution in [1.82, 2.24) is 24.6 Å². The molecule has 3 heterocycles. The molecule has 0 aromatic carbocycles. The topological polar surface area (TPSA) is 71.3 Å². The first-order valence-corrected chi connectivity index (χ1v) is 11.7. The van der Waals surface area contributed by atoms with E-state index in [1.807, 2.05) is 40.6 Å². The number of hydrogen-bond acceptors (Lipinski definition) is 4. The van der Waals surface area contributed by atoms with Crippen molar-refractivity contribution in [3.8, 4) is 0 Å². The summed E-state index contributed by atoms with van der Waals surface area (Å²) < 4.78 is 2.02. The number of aromatic nitrogens is 3. The molecule has 1 aliphatic rings. The lowest BCUT2D eigenvalue weighted by Crippen LogP contribution is -2.49. The summed E-state index contributed by atoms with van der Waals surface area (Å²) in [5.41, 5.74) is 4.36. The first-order valence-electron chi connectivity index (χ1n) is 11.7. The summed E-state index contributed by atoms with van der Waals surface area (Å²) in [7, 11) is 1.88. The highest BCUT2D eigenvalue weighted by molar-refractivity contribution is 5.85. The Bertz CT molecular complexity index is 937. The van der Waals surface area contributed by atoms with Crippen LogP contribution in [0, 0.1) is 25.7 Å². The molecule has 7 heteroatoms. The minimum absolute atomic E-state index is 0.0956. The molecule has 1 saturated heterocycles. The molecule has 1 aliphatic heterocycles. The zero-order chi connectivity index (χ0) is 23.4. The number of rotatable bonds is 8. The van der Waals surface area contributed by atoms with Crippen LogP contribution in [0.1, 0.15) is 62.2 Å². The summed E-state index contributed by atoms with van der Waals surface area (Å²) >= 11 is 0. The summed E-state index contributed by atoms with van der Waals surface area (Å²) in [5, 5.41) is 4.60. The maximum Gasteiger partial charge on any atom is 0.227 e. The van der Waals surface area contributed by atoms with Crippen molar-refractivity contribution in [2.24, 2.45) is 11.8 Å². The van der Waals surface area contributed by atoms with Crippen molar-refractivity contribution in [3.63, 3.8) is 0 Å². The average Bonchev–Trinajstić information content (AvgIpc) is 3.05. The number of amides is 2. The number of likely N-dealkylation sites (N-methyl/N-ethyl adjacent to an activating group) is 1. The van der Waals surface area contributed by atoms with Crippen molar-refractivity contribution < 1.29 is 9.59 Å². The van der Waals surface area contributed by atoms with Crippen molar-refractivity contribution in [2.75, 3.05) is 20.1 Å². The van der Waals surface area contributed by atoms with E-state index >= 15 is 0 Å². The Labute approximate surface area is 191 Å². The van der Waals surface area contributed by atoms with Gasteiger partial charge in [0.1, 0.15) is 0 Å². The van der Waals surface area contributed by atoms with Crippen molar-refractivity contribution in [3.05, 3.63) is 47.0 Å². The maximum atomic E-state index is 13.6. The molecule has 2 aromatic rings. The van der Waals surface area contributed by atoms with Gasteiger partial charge in [-0.1, -0.05) is 19.9 Å². The third kappa shape index (κ3) is 5.03. The number of nitrogens with zero attached hydrogens (tertiary/aromatic N) is 5. The van der Waals surface area contributed by atoms with Gasteiger partial charge in [-0.2, -0.15) is 5.10 Å². The van der Waals surface area contributed by atoms with Crippen LogP contribution in [0.5, 0.6) is 0 Å². The van der Waals surface area contributed by atoms with E-state index in [1.165, 1.54) is 11.3 Å². The summed E-state index contributed by atoms with van der Waals surface area (Å²) in [6, 6.07) is 3.59. The Morgan fingerprint density at radius 3 is 2.66 bits per heavy atom. The van der Waals surface area contributed by atoms with Gasteiger partial charge in [0, 0.05) is 51.2 Å². The Balaban J connectivity index is 1.81. The molecule has 2 aromatic heterocycles. The Morgan fingerprint density at radius 2 is 2.06 bits per heavy atom. The highest BCUT2D eigenvalue weighted by Crippen LogP contribution is 2.38. The lowest BCUT2D eigenvalue weighted by atomic mass is 9.83. The zero-order valence-electron chi connectivity index (χ0n) is 20.3. The summed E-state index contributed by atoms with van der Waals surface area (Å²) in [5.74, 6) is 0.280. The van der Waals surface area contributed by atoms with E-state index in [9.17, 15) is 9.59 Å². The standard InChI is InChI=1S/C25H37N5O2/c1-7-30-19(5)21(18(4)27-30)12-14-28(6)25(32)22-10-11-23(31)29(16-17(2)3)24(22)20-9-8-13-26-15-20/h8-9,13,15,17,22,24H,7,10-12,14,16H2,1-6H3/t22-,24+/m1/s1. The van der Waals surface area contributed by atoms with Crippen LogP contribution >= 0.6 is 0 Å². The average molecular weight is 440 g/mol. The molecule has 7 nitrogen and oxygen atoms in total. The van der Waals surface area contributed by atoms with E-state index in [1.54, 1.807) is 12.4 Å². The molecule has 0 spiro atoms. The van der Waals surface area contributed by atoms with Gasteiger partial charge in [0.05, 0.1) is 17.7 Å². The minimum atomic E-state index is -0.270. The van der Waals surface area contributed by atoms with Gasteiger partial charge in [-0.3, -0.25) is 19.3 Å². The molecule has 0 unspecified atom stereocenters. The van der Waals surface area contributed by atoms with Gasteiger partial charge in [-0.05, 0) is 56.7 Å². The summed E-state index contributed by atoms with van der Waals surface area (Å²) in [4.78, 5) is 34.5. The normalized spacial score (nSPS) is 19.0. The molecule has 2 amide bonds. The lowest BCUT2D eigenvalue weighted by molar-refractivity contribution is -0.148. The highest BCUT2D eigenvalue weighted by atomic mass is 16.2. The number of aryl methyl sites for hydroxylation is 2. The van der Waals surface area contributed by atoms with Gasteiger partial charge < -0.3 is 9.80 Å². The largest absolute Gasteiger partial charge is 0.345 e. The fourth-order valence-electron chi connectivity index (χ4n) is 4.86. The van der Waals surface area contributed by atoms with Gasteiger partial charge in [0.2, 0.25) is 11.8 Å². The second kappa shape index (κ2) is 10.3. The fourth-order valence-corrected chi connectivity index (χ4v) is 4.86. The van der Waals surface area contributed by atoms with E-state index in [-0.39, 0.29) is 23.8 Å². The number of carbonyl (C=O) groups excluding carboxylic acids is 2. The molecule has 0 N–H and O–H groups in total. The molecule has 3 rings (SSSR count). The SMILES string of the molecule is CCn1nc(C)c(CCN(C)C(=O)[C@@H]2CCC(=O)N(CC(C)C)[C@H]2c2cccnc2)c1C. The second-order valence-corrected chi connectivity index (χ2v) is 9.29. The van der Waals surface area contributed by atoms with E-state index < -0.39 is 0 Å². The van der Waals surface area contributed by atoms with Crippen molar-refractivity contribution in [2.45, 2.75) is 66.5 Å². The molecule has 174 valence electrons. The van der Waals surface area contributed by atoms with Crippen LogP contribution in [0.25, 0.3) is 0 Å². The van der Waals surface area contributed by atoms with Gasteiger partial charge in [-0.15, -0.1) is 0 Å². The quantitative estimate of drug-likeness (QED) is 0.631. The van der Waals surface area contributed by atoms with Crippen LogP contribution in [0.15, 0.2) is 24.5 Å². The summed E-state index contributed by atoms with van der Waals surface area (Å²) in [6.07, 6.45) is 5.28. The Hall–Kier alpha value is -2.70. The first-order chi connectivity index (χ1) is 15.2. The predicted octanol–water partition coefficient (Wildman–Crippen LogP) is 3.55. The van der Waals surface area contributed by atoms with E-state index in [4.69, 9.17) is 0 Å². The lowest BCUT2D eigenvalue weighted by Gasteiger charge is -2.42. The van der Waals surface area contributed by atoms with E-state index in [0.717, 1.165) is 24.2 Å². The Morgan fingerprint density at radius 1 is 1.31 bits per heavy atom. The van der Waals surface area contributed by atoms with Crippen LogP contribution in [-0.4, -0.2) is 56.5 Å². The first kappa shape index (κ1) is 24.0. The molecule has 0 radical (unpaired) electrons. The third-order valence-corrected chi connectivity index (χ3v) is 6.52. The molecule has 0 bridgehead atoms. The molecule has 1 fully saturated rings. The number of likely N-dealkylation sites (tertiary alicyclic amines) is 1. The third-order valence-electron chi connectivity index (χ3n) is 6.52. The fraction of sp³-hybridized carbons (Fsp3) is 0.600. The van der Waals surface area contributed by atoms with E-state index in [0.29, 0.717) is 31.8 Å². The van der Waals surface area contributed by atoms with Gasteiger partial charge in [0.25, 0.3) is 0 Å².